The molecule has 4 rings (SSSR count). The molecule has 0 fully saturated rings. The van der Waals surface area contributed by atoms with Crippen LogP contribution in [0.25, 0.3) is 16.6 Å². The van der Waals surface area contributed by atoms with Gasteiger partial charge in [0, 0.05) is 0 Å². The average molecular weight is 489 g/mol. The van der Waals surface area contributed by atoms with Gasteiger partial charge in [-0.05, 0) is 31.2 Å². The molecule has 2 aromatic carbocycles. The summed E-state index contributed by atoms with van der Waals surface area (Å²) >= 11 is 6.38. The van der Waals surface area contributed by atoms with E-state index in [0.717, 1.165) is 0 Å². The average Bonchev–Trinajstić information content (AvgIpc) is 2.78. The standard InChI is InChI=1S/C25H25ClN6OSi/c1-16(29-22-17(13-14-34(2,3)4)15-28-25(27)31-22)23-30-20-12-8-11-19(26)21(20)24(33)32(23)18-9-6-5-7-10-18/h5-12,15-16H,1-4H3,(H3,27,28,29,31). The fraction of sp³-hybridized carbons (Fsp3) is 0.200. The molecule has 2 heterocycles. The van der Waals surface area contributed by atoms with Crippen molar-refractivity contribution >= 4 is 42.3 Å². The first-order valence-electron chi connectivity index (χ1n) is 10.8. The Morgan fingerprint density at radius 1 is 1.09 bits per heavy atom. The zero-order chi connectivity index (χ0) is 24.5. The van der Waals surface area contributed by atoms with Gasteiger partial charge in [-0.3, -0.25) is 9.36 Å². The van der Waals surface area contributed by atoms with E-state index in [4.69, 9.17) is 22.3 Å². The number of benzene rings is 2. The monoisotopic (exact) mass is 488 g/mol. The molecule has 0 aliphatic rings. The SMILES string of the molecule is CC(Nc1nc(N)ncc1C#C[Si](C)(C)C)c1nc2cccc(Cl)c2c(=O)n1-c1ccccc1. The number of anilines is 2. The van der Waals surface area contributed by atoms with Crippen molar-refractivity contribution < 1.29 is 0 Å². The van der Waals surface area contributed by atoms with E-state index in [-0.39, 0.29) is 11.5 Å². The highest BCUT2D eigenvalue weighted by Crippen LogP contribution is 2.25. The Morgan fingerprint density at radius 2 is 1.82 bits per heavy atom. The van der Waals surface area contributed by atoms with Gasteiger partial charge in [0.2, 0.25) is 5.95 Å². The van der Waals surface area contributed by atoms with Gasteiger partial charge in [0.15, 0.2) is 0 Å². The van der Waals surface area contributed by atoms with Crippen molar-refractivity contribution in [3.8, 4) is 17.2 Å². The summed E-state index contributed by atoms with van der Waals surface area (Å²) < 4.78 is 1.57. The number of nitrogen functional groups attached to an aromatic ring is 1. The van der Waals surface area contributed by atoms with E-state index in [1.54, 1.807) is 29.0 Å². The third-order valence-corrected chi connectivity index (χ3v) is 6.20. The second-order valence-corrected chi connectivity index (χ2v) is 14.1. The summed E-state index contributed by atoms with van der Waals surface area (Å²) in [6, 6.07) is 14.2. The molecule has 0 amide bonds. The molecule has 0 aliphatic heterocycles. The maximum absolute atomic E-state index is 13.6. The van der Waals surface area contributed by atoms with Crippen LogP contribution in [0.1, 0.15) is 24.4 Å². The minimum Gasteiger partial charge on any atom is -0.368 e. The summed E-state index contributed by atoms with van der Waals surface area (Å²) in [7, 11) is -1.62. The largest absolute Gasteiger partial charge is 0.368 e. The molecule has 2 aromatic heterocycles. The summed E-state index contributed by atoms with van der Waals surface area (Å²) in [6.45, 7) is 8.40. The highest BCUT2D eigenvalue weighted by Gasteiger charge is 2.20. The molecule has 7 nitrogen and oxygen atoms in total. The van der Waals surface area contributed by atoms with Crippen molar-refractivity contribution in [1.82, 2.24) is 19.5 Å². The quantitative estimate of drug-likeness (QED) is 0.316. The molecule has 0 aliphatic carbocycles. The van der Waals surface area contributed by atoms with Crippen molar-refractivity contribution in [2.24, 2.45) is 0 Å². The molecule has 172 valence electrons. The summed E-state index contributed by atoms with van der Waals surface area (Å²) in [5.74, 6) is 4.32. The number of fused-ring (bicyclic) bond motifs is 1. The Kier molecular flexibility index (Phi) is 6.42. The molecule has 0 radical (unpaired) electrons. The van der Waals surface area contributed by atoms with E-state index in [1.165, 1.54) is 0 Å². The van der Waals surface area contributed by atoms with Gasteiger partial charge >= 0.3 is 0 Å². The molecule has 0 saturated carbocycles. The number of halogens is 1. The van der Waals surface area contributed by atoms with E-state index in [9.17, 15) is 4.79 Å². The van der Waals surface area contributed by atoms with Crippen molar-refractivity contribution in [1.29, 1.82) is 0 Å². The van der Waals surface area contributed by atoms with Gasteiger partial charge in [-0.1, -0.05) is 61.4 Å². The number of aromatic nitrogens is 4. The molecule has 9 heteroatoms. The van der Waals surface area contributed by atoms with E-state index < -0.39 is 14.1 Å². The third-order valence-electron chi connectivity index (χ3n) is 5.01. The minimum absolute atomic E-state index is 0.131. The van der Waals surface area contributed by atoms with E-state index in [1.807, 2.05) is 37.3 Å². The maximum atomic E-state index is 13.6. The smallest absolute Gasteiger partial charge is 0.267 e. The molecular formula is C25H25ClN6OSi. The summed E-state index contributed by atoms with van der Waals surface area (Å²) in [6.07, 6.45) is 1.61. The second-order valence-electron chi connectivity index (χ2n) is 8.94. The molecular weight excluding hydrogens is 464 g/mol. The van der Waals surface area contributed by atoms with Crippen molar-refractivity contribution in [3.63, 3.8) is 0 Å². The lowest BCUT2D eigenvalue weighted by atomic mass is 10.2. The summed E-state index contributed by atoms with van der Waals surface area (Å²) in [4.78, 5) is 26.9. The zero-order valence-corrected chi connectivity index (χ0v) is 21.2. The molecule has 0 bridgehead atoms. The number of rotatable bonds is 4. The zero-order valence-electron chi connectivity index (χ0n) is 19.4. The topological polar surface area (TPSA) is 98.7 Å². The molecule has 34 heavy (non-hydrogen) atoms. The minimum atomic E-state index is -1.62. The molecule has 0 spiro atoms. The Hall–Kier alpha value is -3.67. The number of para-hydroxylation sites is 1. The van der Waals surface area contributed by atoms with Crippen LogP contribution in [0.3, 0.4) is 0 Å². The molecule has 1 unspecified atom stereocenters. The normalized spacial score (nSPS) is 12.1. The molecule has 3 N–H and O–H groups in total. The number of nitrogens with one attached hydrogen (secondary N) is 1. The maximum Gasteiger partial charge on any atom is 0.267 e. The predicted molar refractivity (Wildman–Crippen MR) is 141 cm³/mol. The van der Waals surface area contributed by atoms with Crippen molar-refractivity contribution in [2.45, 2.75) is 32.6 Å². The number of hydrogen-bond donors (Lipinski definition) is 2. The lowest BCUT2D eigenvalue weighted by Gasteiger charge is -2.21. The van der Waals surface area contributed by atoms with Gasteiger partial charge in [0.05, 0.1) is 39.4 Å². The fourth-order valence-corrected chi connectivity index (χ4v) is 4.21. The van der Waals surface area contributed by atoms with Gasteiger partial charge < -0.3 is 11.1 Å². The van der Waals surface area contributed by atoms with Crippen LogP contribution in [-0.4, -0.2) is 27.6 Å². The van der Waals surface area contributed by atoms with Crippen LogP contribution < -0.4 is 16.6 Å². The Morgan fingerprint density at radius 3 is 2.53 bits per heavy atom. The van der Waals surface area contributed by atoms with Crippen LogP contribution in [0, 0.1) is 11.5 Å². The molecule has 1 atom stereocenters. The van der Waals surface area contributed by atoms with Crippen molar-refractivity contribution in [2.75, 3.05) is 11.1 Å². The highest BCUT2D eigenvalue weighted by molar-refractivity contribution is 6.83. The van der Waals surface area contributed by atoms with E-state index >= 15 is 0 Å². The van der Waals surface area contributed by atoms with Crippen LogP contribution in [0.4, 0.5) is 11.8 Å². The number of nitrogens with two attached hydrogens (primary N) is 1. The molecule has 0 saturated heterocycles. The third kappa shape index (κ3) is 4.96. The van der Waals surface area contributed by atoms with E-state index in [0.29, 0.717) is 38.8 Å². The first kappa shape index (κ1) is 23.5. The number of nitrogens with zero attached hydrogens (tertiary/aromatic N) is 4. The van der Waals surface area contributed by atoms with Gasteiger partial charge in [-0.15, -0.1) is 5.54 Å². The summed E-state index contributed by atoms with van der Waals surface area (Å²) in [5.41, 5.74) is 10.8. The van der Waals surface area contributed by atoms with Gasteiger partial charge in [0.25, 0.3) is 5.56 Å². The Balaban J connectivity index is 1.87. The molecule has 4 aromatic rings. The van der Waals surface area contributed by atoms with Crippen LogP contribution >= 0.6 is 11.6 Å². The first-order valence-corrected chi connectivity index (χ1v) is 14.7. The second kappa shape index (κ2) is 9.29. The fourth-order valence-electron chi connectivity index (χ4n) is 3.45. The van der Waals surface area contributed by atoms with Crippen LogP contribution in [-0.2, 0) is 0 Å². The Labute approximate surface area is 204 Å². The predicted octanol–water partition coefficient (Wildman–Crippen LogP) is 4.81. The first-order chi connectivity index (χ1) is 16.1. The van der Waals surface area contributed by atoms with E-state index in [2.05, 4.69) is 46.4 Å². The van der Waals surface area contributed by atoms with Gasteiger partial charge in [-0.2, -0.15) is 4.98 Å². The van der Waals surface area contributed by atoms with Gasteiger partial charge in [0.1, 0.15) is 19.7 Å². The lowest BCUT2D eigenvalue weighted by molar-refractivity contribution is 0.730. The Bertz CT molecular complexity index is 1490. The lowest BCUT2D eigenvalue weighted by Crippen LogP contribution is -2.27. The summed E-state index contributed by atoms with van der Waals surface area (Å²) in [5, 5.41) is 4.08. The van der Waals surface area contributed by atoms with Crippen LogP contribution in [0.15, 0.2) is 59.5 Å². The number of hydrogen-bond acceptors (Lipinski definition) is 6. The van der Waals surface area contributed by atoms with Crippen LogP contribution in [0.5, 0.6) is 0 Å². The van der Waals surface area contributed by atoms with Crippen LogP contribution in [0.2, 0.25) is 24.7 Å². The van der Waals surface area contributed by atoms with Crippen molar-refractivity contribution in [3.05, 3.63) is 81.5 Å². The van der Waals surface area contributed by atoms with Gasteiger partial charge in [-0.25, -0.2) is 9.97 Å². The highest BCUT2D eigenvalue weighted by atomic mass is 35.5.